The van der Waals surface area contributed by atoms with Gasteiger partial charge in [0.25, 0.3) is 11.6 Å². The van der Waals surface area contributed by atoms with Crippen LogP contribution in [0.3, 0.4) is 0 Å². The number of halogens is 3. The quantitative estimate of drug-likeness (QED) is 0.359. The maximum absolute atomic E-state index is 12.7. The lowest BCUT2D eigenvalue weighted by atomic mass is 10.1. The second kappa shape index (κ2) is 9.87. The zero-order chi connectivity index (χ0) is 21.4. The van der Waals surface area contributed by atoms with Crippen LogP contribution in [0.2, 0.25) is 0 Å². The van der Waals surface area contributed by atoms with Gasteiger partial charge in [-0.2, -0.15) is 13.2 Å². The summed E-state index contributed by atoms with van der Waals surface area (Å²) in [5, 5.41) is 17.8. The number of nitrogens with zero attached hydrogens (tertiary/aromatic N) is 1. The highest BCUT2D eigenvalue weighted by atomic mass is 32.1. The summed E-state index contributed by atoms with van der Waals surface area (Å²) >= 11 is 1.55. The van der Waals surface area contributed by atoms with Gasteiger partial charge in [-0.15, -0.1) is 11.3 Å². The van der Waals surface area contributed by atoms with Crippen LogP contribution in [0.1, 0.15) is 10.4 Å². The average molecular weight is 431 g/mol. The third-order valence-corrected chi connectivity index (χ3v) is 4.52. The SMILES string of the molecule is O=C(COC(=O)CNc1ccc(C(F)(F)F)cc1[N+](=O)[O-])NCCc1cccs1. The average Bonchev–Trinajstić information content (AvgIpc) is 3.17. The summed E-state index contributed by atoms with van der Waals surface area (Å²) < 4.78 is 42.7. The molecule has 8 nitrogen and oxygen atoms in total. The fourth-order valence-electron chi connectivity index (χ4n) is 2.20. The van der Waals surface area contributed by atoms with Crippen molar-refractivity contribution in [2.75, 3.05) is 25.0 Å². The fourth-order valence-corrected chi connectivity index (χ4v) is 2.91. The Morgan fingerprint density at radius 3 is 2.62 bits per heavy atom. The van der Waals surface area contributed by atoms with Crippen LogP contribution in [0.15, 0.2) is 35.7 Å². The van der Waals surface area contributed by atoms with Gasteiger partial charge in [-0.1, -0.05) is 6.07 Å². The van der Waals surface area contributed by atoms with E-state index >= 15 is 0 Å². The summed E-state index contributed by atoms with van der Waals surface area (Å²) in [5.41, 5.74) is -2.30. The zero-order valence-corrected chi connectivity index (χ0v) is 15.6. The van der Waals surface area contributed by atoms with Gasteiger partial charge in [0, 0.05) is 17.5 Å². The lowest BCUT2D eigenvalue weighted by Gasteiger charge is -2.10. The normalized spacial score (nSPS) is 11.0. The molecule has 2 N–H and O–H groups in total. The molecule has 0 saturated carbocycles. The van der Waals surface area contributed by atoms with E-state index in [9.17, 15) is 32.9 Å². The zero-order valence-electron chi connectivity index (χ0n) is 14.8. The van der Waals surface area contributed by atoms with Gasteiger partial charge in [0.05, 0.1) is 10.5 Å². The molecule has 0 spiro atoms. The molecule has 29 heavy (non-hydrogen) atoms. The van der Waals surface area contributed by atoms with Crippen molar-refractivity contribution < 1.29 is 32.4 Å². The maximum Gasteiger partial charge on any atom is 0.416 e. The maximum atomic E-state index is 12.7. The Balaban J connectivity index is 1.79. The number of esters is 1. The summed E-state index contributed by atoms with van der Waals surface area (Å²) in [7, 11) is 0. The number of nitro groups is 1. The number of amides is 1. The monoisotopic (exact) mass is 431 g/mol. The molecule has 0 unspecified atom stereocenters. The third-order valence-electron chi connectivity index (χ3n) is 3.58. The highest BCUT2D eigenvalue weighted by Crippen LogP contribution is 2.34. The molecule has 2 rings (SSSR count). The molecule has 2 aromatic rings. The van der Waals surface area contributed by atoms with E-state index in [4.69, 9.17) is 4.74 Å². The van der Waals surface area contributed by atoms with Crippen LogP contribution < -0.4 is 10.6 Å². The van der Waals surface area contributed by atoms with E-state index in [1.807, 2.05) is 17.5 Å². The molecule has 0 aliphatic heterocycles. The molecule has 0 aliphatic rings. The van der Waals surface area contributed by atoms with Crippen LogP contribution in [-0.2, 0) is 26.9 Å². The van der Waals surface area contributed by atoms with Crippen LogP contribution in [0.5, 0.6) is 0 Å². The van der Waals surface area contributed by atoms with Crippen molar-refractivity contribution in [1.82, 2.24) is 5.32 Å². The van der Waals surface area contributed by atoms with E-state index in [-0.39, 0.29) is 5.69 Å². The Morgan fingerprint density at radius 1 is 1.24 bits per heavy atom. The number of carbonyl (C=O) groups is 2. The number of anilines is 1. The van der Waals surface area contributed by atoms with Crippen molar-refractivity contribution in [1.29, 1.82) is 0 Å². The van der Waals surface area contributed by atoms with E-state index in [0.29, 0.717) is 25.1 Å². The van der Waals surface area contributed by atoms with Crippen molar-refractivity contribution in [3.05, 3.63) is 56.3 Å². The number of ether oxygens (including phenoxy) is 1. The summed E-state index contributed by atoms with van der Waals surface area (Å²) in [4.78, 5) is 34.4. The number of carbonyl (C=O) groups excluding carboxylic acids is 2. The molecule has 0 atom stereocenters. The largest absolute Gasteiger partial charge is 0.454 e. The lowest BCUT2D eigenvalue weighted by Crippen LogP contribution is -2.31. The summed E-state index contributed by atoms with van der Waals surface area (Å²) in [5.74, 6) is -1.41. The van der Waals surface area contributed by atoms with Crippen molar-refractivity contribution >= 4 is 34.6 Å². The molecule has 1 amide bonds. The summed E-state index contributed by atoms with van der Waals surface area (Å²) in [6, 6.07) is 5.68. The number of alkyl halides is 3. The molecule has 0 fully saturated rings. The van der Waals surface area contributed by atoms with Gasteiger partial charge >= 0.3 is 12.1 Å². The number of benzene rings is 1. The van der Waals surface area contributed by atoms with Crippen molar-refractivity contribution in [3.63, 3.8) is 0 Å². The molecule has 1 aromatic carbocycles. The van der Waals surface area contributed by atoms with Gasteiger partial charge in [0.1, 0.15) is 12.2 Å². The molecule has 0 bridgehead atoms. The number of rotatable bonds is 9. The molecule has 12 heteroatoms. The Morgan fingerprint density at radius 2 is 2.00 bits per heavy atom. The molecule has 156 valence electrons. The fraction of sp³-hybridized carbons (Fsp3) is 0.294. The van der Waals surface area contributed by atoms with Gasteiger partial charge in [-0.05, 0) is 30.0 Å². The van der Waals surface area contributed by atoms with Crippen LogP contribution in [0, 0.1) is 10.1 Å². The van der Waals surface area contributed by atoms with Crippen LogP contribution >= 0.6 is 11.3 Å². The van der Waals surface area contributed by atoms with Gasteiger partial charge in [-0.3, -0.25) is 19.7 Å². The van der Waals surface area contributed by atoms with E-state index in [2.05, 4.69) is 10.6 Å². The first-order valence-electron chi connectivity index (χ1n) is 8.21. The molecule has 0 aliphatic carbocycles. The topological polar surface area (TPSA) is 111 Å². The number of hydrogen-bond donors (Lipinski definition) is 2. The third kappa shape index (κ3) is 7.07. The van der Waals surface area contributed by atoms with Crippen LogP contribution in [0.4, 0.5) is 24.5 Å². The van der Waals surface area contributed by atoms with E-state index in [0.717, 1.165) is 10.9 Å². The van der Waals surface area contributed by atoms with Crippen molar-refractivity contribution in [2.45, 2.75) is 12.6 Å². The van der Waals surface area contributed by atoms with Crippen molar-refractivity contribution in [2.24, 2.45) is 0 Å². The predicted octanol–water partition coefficient (Wildman–Crippen LogP) is 2.99. The molecule has 1 heterocycles. The first-order chi connectivity index (χ1) is 13.7. The number of nitrogens with one attached hydrogen (secondary N) is 2. The highest BCUT2D eigenvalue weighted by Gasteiger charge is 2.33. The number of hydrogen-bond acceptors (Lipinski definition) is 7. The van der Waals surface area contributed by atoms with Crippen LogP contribution in [-0.4, -0.2) is 36.5 Å². The molecular weight excluding hydrogens is 415 g/mol. The van der Waals surface area contributed by atoms with E-state index < -0.39 is 47.4 Å². The van der Waals surface area contributed by atoms with Gasteiger partial charge < -0.3 is 15.4 Å². The smallest absolute Gasteiger partial charge is 0.416 e. The minimum absolute atomic E-state index is 0.277. The molecule has 0 saturated heterocycles. The second-order valence-corrected chi connectivity index (χ2v) is 6.71. The Hall–Kier alpha value is -3.15. The van der Waals surface area contributed by atoms with E-state index in [1.54, 1.807) is 11.3 Å². The standard InChI is InChI=1S/C17H16F3N3O5S/c18-17(19,20)11-3-4-13(14(8-11)23(26)27)22-9-16(25)28-10-15(24)21-6-5-12-2-1-7-29-12/h1-4,7-8,22H,5-6,9-10H2,(H,21,24). The van der Waals surface area contributed by atoms with E-state index in [1.165, 1.54) is 0 Å². The van der Waals surface area contributed by atoms with Gasteiger partial charge in [0.2, 0.25) is 0 Å². The second-order valence-electron chi connectivity index (χ2n) is 5.68. The summed E-state index contributed by atoms with van der Waals surface area (Å²) in [6.07, 6.45) is -4.10. The first kappa shape index (κ1) is 22.1. The van der Waals surface area contributed by atoms with Gasteiger partial charge in [-0.25, -0.2) is 0 Å². The van der Waals surface area contributed by atoms with Crippen molar-refractivity contribution in [3.8, 4) is 0 Å². The minimum atomic E-state index is -4.74. The molecular formula is C17H16F3N3O5S. The Bertz CT molecular complexity index is 872. The molecule has 1 aromatic heterocycles. The molecule has 0 radical (unpaired) electrons. The highest BCUT2D eigenvalue weighted by molar-refractivity contribution is 7.09. The number of nitro benzene ring substituents is 1. The predicted molar refractivity (Wildman–Crippen MR) is 98.6 cm³/mol. The van der Waals surface area contributed by atoms with Crippen LogP contribution in [0.25, 0.3) is 0 Å². The summed E-state index contributed by atoms with van der Waals surface area (Å²) in [6.45, 7) is -0.734. The first-order valence-corrected chi connectivity index (χ1v) is 9.09. The Labute approximate surface area is 166 Å². The Kier molecular flexibility index (Phi) is 7.53. The minimum Gasteiger partial charge on any atom is -0.454 e. The number of thiophene rings is 1. The lowest BCUT2D eigenvalue weighted by molar-refractivity contribution is -0.384. The van der Waals surface area contributed by atoms with Gasteiger partial charge in [0.15, 0.2) is 6.61 Å².